The van der Waals surface area contributed by atoms with Gasteiger partial charge in [-0.2, -0.15) is 5.10 Å². The molecule has 5 nitrogen and oxygen atoms in total. The Balaban J connectivity index is 2.58. The molecule has 0 aromatic carbocycles. The van der Waals surface area contributed by atoms with Gasteiger partial charge in [-0.3, -0.25) is 4.68 Å². The zero-order valence-corrected chi connectivity index (χ0v) is 8.81. The second-order valence-electron chi connectivity index (χ2n) is 3.28. The van der Waals surface area contributed by atoms with Gasteiger partial charge in [-0.25, -0.2) is 9.97 Å². The molecule has 2 N–H and O–H groups in total. The SMILES string of the molecule is CCc1c(-c2ccncn2)nn(C)c1N. The van der Waals surface area contributed by atoms with Crippen LogP contribution in [0.1, 0.15) is 12.5 Å². The smallest absolute Gasteiger partial charge is 0.125 e. The number of anilines is 1. The fraction of sp³-hybridized carbons (Fsp3) is 0.300. The Labute approximate surface area is 88.0 Å². The summed E-state index contributed by atoms with van der Waals surface area (Å²) < 4.78 is 1.68. The van der Waals surface area contributed by atoms with E-state index in [0.717, 1.165) is 23.4 Å². The second kappa shape index (κ2) is 3.68. The predicted octanol–water partition coefficient (Wildman–Crippen LogP) is 1.02. The molecule has 0 fully saturated rings. The van der Waals surface area contributed by atoms with Gasteiger partial charge in [0.2, 0.25) is 0 Å². The summed E-state index contributed by atoms with van der Waals surface area (Å²) in [6.45, 7) is 2.05. The molecule has 0 spiro atoms. The van der Waals surface area contributed by atoms with E-state index in [1.54, 1.807) is 10.9 Å². The molecule has 0 aliphatic rings. The monoisotopic (exact) mass is 203 g/mol. The molecule has 0 saturated carbocycles. The first-order chi connectivity index (χ1) is 7.24. The van der Waals surface area contributed by atoms with Gasteiger partial charge in [-0.1, -0.05) is 6.92 Å². The van der Waals surface area contributed by atoms with Crippen LogP contribution in [0.25, 0.3) is 11.4 Å². The Bertz CT molecular complexity index is 460. The third-order valence-corrected chi connectivity index (χ3v) is 2.37. The molecule has 0 atom stereocenters. The van der Waals surface area contributed by atoms with E-state index in [1.807, 2.05) is 13.1 Å². The highest BCUT2D eigenvalue weighted by Crippen LogP contribution is 2.24. The largest absolute Gasteiger partial charge is 0.384 e. The first-order valence-corrected chi connectivity index (χ1v) is 4.81. The van der Waals surface area contributed by atoms with E-state index >= 15 is 0 Å². The third kappa shape index (κ3) is 1.56. The molecule has 0 bridgehead atoms. The summed E-state index contributed by atoms with van der Waals surface area (Å²) in [7, 11) is 1.83. The molecule has 2 aromatic heterocycles. The average molecular weight is 203 g/mol. The number of aromatic nitrogens is 4. The maximum atomic E-state index is 5.91. The fourth-order valence-corrected chi connectivity index (χ4v) is 1.57. The van der Waals surface area contributed by atoms with Crippen LogP contribution in [0.4, 0.5) is 5.82 Å². The molecule has 2 heterocycles. The van der Waals surface area contributed by atoms with E-state index in [9.17, 15) is 0 Å². The van der Waals surface area contributed by atoms with Gasteiger partial charge < -0.3 is 5.73 Å². The normalized spacial score (nSPS) is 10.5. The van der Waals surface area contributed by atoms with Gasteiger partial charge in [0.05, 0.1) is 5.69 Å². The summed E-state index contributed by atoms with van der Waals surface area (Å²) >= 11 is 0. The number of hydrogen-bond acceptors (Lipinski definition) is 4. The van der Waals surface area contributed by atoms with Crippen molar-refractivity contribution in [1.29, 1.82) is 0 Å². The molecule has 0 amide bonds. The summed E-state index contributed by atoms with van der Waals surface area (Å²) in [6.07, 6.45) is 4.06. The van der Waals surface area contributed by atoms with Crippen LogP contribution in [0.15, 0.2) is 18.6 Å². The highest BCUT2D eigenvalue weighted by molar-refractivity contribution is 5.64. The molecule has 2 aromatic rings. The molecule has 0 aliphatic carbocycles. The number of nitrogen functional groups attached to an aromatic ring is 1. The van der Waals surface area contributed by atoms with Crippen LogP contribution < -0.4 is 5.73 Å². The summed E-state index contributed by atoms with van der Waals surface area (Å²) in [5, 5.41) is 4.35. The lowest BCUT2D eigenvalue weighted by Gasteiger charge is -1.98. The van der Waals surface area contributed by atoms with E-state index in [-0.39, 0.29) is 0 Å². The molecule has 0 saturated heterocycles. The van der Waals surface area contributed by atoms with Crippen LogP contribution >= 0.6 is 0 Å². The van der Waals surface area contributed by atoms with E-state index in [1.165, 1.54) is 6.33 Å². The molecular weight excluding hydrogens is 190 g/mol. The quantitative estimate of drug-likeness (QED) is 0.791. The average Bonchev–Trinajstić information content (AvgIpc) is 2.56. The van der Waals surface area contributed by atoms with Gasteiger partial charge in [0, 0.05) is 18.8 Å². The van der Waals surface area contributed by atoms with Gasteiger partial charge in [-0.05, 0) is 12.5 Å². The van der Waals surface area contributed by atoms with Crippen molar-refractivity contribution < 1.29 is 0 Å². The summed E-state index contributed by atoms with van der Waals surface area (Å²) in [4.78, 5) is 8.05. The highest BCUT2D eigenvalue weighted by atomic mass is 15.3. The molecule has 0 unspecified atom stereocenters. The van der Waals surface area contributed by atoms with E-state index in [0.29, 0.717) is 5.82 Å². The number of nitrogens with zero attached hydrogens (tertiary/aromatic N) is 4. The van der Waals surface area contributed by atoms with Crippen molar-refractivity contribution in [1.82, 2.24) is 19.7 Å². The molecule has 2 rings (SSSR count). The maximum absolute atomic E-state index is 5.91. The van der Waals surface area contributed by atoms with Crippen LogP contribution in [-0.2, 0) is 13.5 Å². The van der Waals surface area contributed by atoms with Gasteiger partial charge in [0.25, 0.3) is 0 Å². The third-order valence-electron chi connectivity index (χ3n) is 2.37. The summed E-state index contributed by atoms with van der Waals surface area (Å²) in [5.74, 6) is 0.700. The number of rotatable bonds is 2. The van der Waals surface area contributed by atoms with Crippen LogP contribution in [0.3, 0.4) is 0 Å². The number of hydrogen-bond donors (Lipinski definition) is 1. The predicted molar refractivity (Wildman–Crippen MR) is 58.0 cm³/mol. The van der Waals surface area contributed by atoms with E-state index < -0.39 is 0 Å². The van der Waals surface area contributed by atoms with Gasteiger partial charge in [0.1, 0.15) is 17.8 Å². The lowest BCUT2D eigenvalue weighted by molar-refractivity contribution is 0.780. The Morgan fingerprint density at radius 3 is 2.87 bits per heavy atom. The fourth-order valence-electron chi connectivity index (χ4n) is 1.57. The van der Waals surface area contributed by atoms with E-state index in [2.05, 4.69) is 22.0 Å². The standard InChI is InChI=1S/C10H13N5/c1-3-7-9(14-15(2)10(7)11)8-4-5-12-6-13-8/h4-6H,3,11H2,1-2H3. The Morgan fingerprint density at radius 1 is 1.47 bits per heavy atom. The van der Waals surface area contributed by atoms with Crippen molar-refractivity contribution >= 4 is 5.82 Å². The van der Waals surface area contributed by atoms with Crippen LogP contribution in [-0.4, -0.2) is 19.7 Å². The highest BCUT2D eigenvalue weighted by Gasteiger charge is 2.14. The van der Waals surface area contributed by atoms with Crippen molar-refractivity contribution in [2.45, 2.75) is 13.3 Å². The van der Waals surface area contributed by atoms with Crippen LogP contribution in [0.2, 0.25) is 0 Å². The van der Waals surface area contributed by atoms with Gasteiger partial charge in [-0.15, -0.1) is 0 Å². The van der Waals surface area contributed by atoms with Gasteiger partial charge >= 0.3 is 0 Å². The minimum Gasteiger partial charge on any atom is -0.384 e. The van der Waals surface area contributed by atoms with Crippen molar-refractivity contribution in [3.63, 3.8) is 0 Å². The van der Waals surface area contributed by atoms with Crippen LogP contribution in [0, 0.1) is 0 Å². The first-order valence-electron chi connectivity index (χ1n) is 4.81. The Hall–Kier alpha value is -1.91. The lowest BCUT2D eigenvalue weighted by Crippen LogP contribution is -1.98. The molecule has 0 aliphatic heterocycles. The van der Waals surface area contributed by atoms with Crippen molar-refractivity contribution in [3.8, 4) is 11.4 Å². The second-order valence-corrected chi connectivity index (χ2v) is 3.28. The zero-order valence-electron chi connectivity index (χ0n) is 8.81. The minimum atomic E-state index is 0.700. The molecule has 5 heteroatoms. The summed E-state index contributed by atoms with van der Waals surface area (Å²) in [6, 6.07) is 1.83. The maximum Gasteiger partial charge on any atom is 0.125 e. The van der Waals surface area contributed by atoms with Crippen molar-refractivity contribution in [3.05, 3.63) is 24.2 Å². The molecule has 15 heavy (non-hydrogen) atoms. The van der Waals surface area contributed by atoms with Crippen molar-refractivity contribution in [2.24, 2.45) is 7.05 Å². The number of nitrogens with two attached hydrogens (primary N) is 1. The molecule has 0 radical (unpaired) electrons. The first kappa shape index (κ1) is 9.64. The Morgan fingerprint density at radius 2 is 2.27 bits per heavy atom. The topological polar surface area (TPSA) is 69.6 Å². The molecular formula is C10H13N5. The van der Waals surface area contributed by atoms with Crippen LogP contribution in [0.5, 0.6) is 0 Å². The van der Waals surface area contributed by atoms with Crippen molar-refractivity contribution in [2.75, 3.05) is 5.73 Å². The minimum absolute atomic E-state index is 0.700. The summed E-state index contributed by atoms with van der Waals surface area (Å²) in [5.41, 5.74) is 8.61. The zero-order chi connectivity index (χ0) is 10.8. The Kier molecular flexibility index (Phi) is 2.37. The lowest BCUT2D eigenvalue weighted by atomic mass is 10.1. The van der Waals surface area contributed by atoms with Gasteiger partial charge in [0.15, 0.2) is 0 Å². The van der Waals surface area contributed by atoms with E-state index in [4.69, 9.17) is 5.73 Å². The number of aryl methyl sites for hydroxylation is 1. The molecule has 78 valence electrons.